The molecule has 1 aliphatic rings. The Morgan fingerprint density at radius 2 is 1.91 bits per heavy atom. The van der Waals surface area contributed by atoms with Crippen molar-refractivity contribution in [2.75, 3.05) is 13.6 Å². The summed E-state index contributed by atoms with van der Waals surface area (Å²) >= 11 is 12.5. The van der Waals surface area contributed by atoms with Crippen molar-refractivity contribution in [2.24, 2.45) is 0 Å². The lowest BCUT2D eigenvalue weighted by Gasteiger charge is -2.28. The number of benzene rings is 2. The Kier molecular flexibility index (Phi) is 6.76. The van der Waals surface area contributed by atoms with Crippen LogP contribution in [0, 0.1) is 0 Å². The molecule has 0 fully saturated rings. The van der Waals surface area contributed by atoms with Crippen molar-refractivity contribution in [2.45, 2.75) is 32.8 Å². The van der Waals surface area contributed by atoms with Gasteiger partial charge < -0.3 is 10.1 Å². The Bertz CT molecular complexity index is 658. The molecule has 23 heavy (non-hydrogen) atoms. The van der Waals surface area contributed by atoms with Crippen molar-refractivity contribution < 1.29 is 4.74 Å². The maximum absolute atomic E-state index is 6.34. The minimum absolute atomic E-state index is 0.196. The predicted molar refractivity (Wildman–Crippen MR) is 99.9 cm³/mol. The summed E-state index contributed by atoms with van der Waals surface area (Å²) in [5.74, 6) is 0.938. The van der Waals surface area contributed by atoms with Gasteiger partial charge in [-0.3, -0.25) is 0 Å². The van der Waals surface area contributed by atoms with Gasteiger partial charge in [0.2, 0.25) is 0 Å². The summed E-state index contributed by atoms with van der Waals surface area (Å²) in [7, 11) is 1.94. The number of rotatable bonds is 3. The van der Waals surface area contributed by atoms with Gasteiger partial charge in [-0.15, -0.1) is 0 Å². The Labute approximate surface area is 148 Å². The van der Waals surface area contributed by atoms with Gasteiger partial charge in [-0.2, -0.15) is 0 Å². The number of hydrogen-bond acceptors (Lipinski definition) is 2. The zero-order valence-electron chi connectivity index (χ0n) is 13.8. The third-order valence-electron chi connectivity index (χ3n) is 3.77. The summed E-state index contributed by atoms with van der Waals surface area (Å²) < 4.78 is 6.19. The summed E-state index contributed by atoms with van der Waals surface area (Å²) in [5, 5.41) is 4.54. The Morgan fingerprint density at radius 1 is 1.13 bits per heavy atom. The third-order valence-corrected chi connectivity index (χ3v) is 4.33. The molecule has 0 bridgehead atoms. The molecule has 0 amide bonds. The average molecular weight is 352 g/mol. The molecule has 0 saturated carbocycles. The molecular weight excluding hydrogens is 329 g/mol. The quantitative estimate of drug-likeness (QED) is 0.776. The fourth-order valence-electron chi connectivity index (χ4n) is 2.75. The van der Waals surface area contributed by atoms with E-state index in [1.54, 1.807) is 6.07 Å². The Morgan fingerprint density at radius 3 is 2.65 bits per heavy atom. The molecule has 1 aliphatic heterocycles. The second kappa shape index (κ2) is 8.58. The molecular formula is C19H23Cl2NO. The van der Waals surface area contributed by atoms with Gasteiger partial charge >= 0.3 is 0 Å². The molecule has 4 heteroatoms. The van der Waals surface area contributed by atoms with Gasteiger partial charge in [-0.05, 0) is 43.7 Å². The molecule has 124 valence electrons. The number of nitrogens with one attached hydrogen (secondary N) is 1. The van der Waals surface area contributed by atoms with Crippen LogP contribution < -0.4 is 10.1 Å². The molecule has 3 rings (SSSR count). The zero-order valence-corrected chi connectivity index (χ0v) is 15.3. The van der Waals surface area contributed by atoms with E-state index in [0.717, 1.165) is 36.3 Å². The standard InChI is InChI=1S/C17H17Cl2NO.C2H6/c1-20-10-13-7-5-11-3-2-4-14(17(11)21-13)15-9-12(18)6-8-16(15)19;1-2/h2-4,6,8-9,13,20H,5,7,10H2,1H3;1-2H3/t13-;/m1./s1. The summed E-state index contributed by atoms with van der Waals surface area (Å²) in [6, 6.07) is 11.7. The second-order valence-corrected chi connectivity index (χ2v) is 6.10. The molecule has 2 nitrogen and oxygen atoms in total. The Balaban J connectivity index is 0.000000924. The van der Waals surface area contributed by atoms with Crippen LogP contribution in [0.3, 0.4) is 0 Å². The first kappa shape index (κ1) is 18.1. The van der Waals surface area contributed by atoms with Crippen molar-refractivity contribution in [1.29, 1.82) is 0 Å². The molecule has 0 spiro atoms. The fraction of sp³-hybridized carbons (Fsp3) is 0.368. The van der Waals surface area contributed by atoms with E-state index in [0.29, 0.717) is 10.0 Å². The molecule has 1 atom stereocenters. The lowest BCUT2D eigenvalue weighted by atomic mass is 9.95. The molecule has 0 unspecified atom stereocenters. The smallest absolute Gasteiger partial charge is 0.130 e. The predicted octanol–water partition coefficient (Wildman–Crippen LogP) is 5.60. The summed E-state index contributed by atoms with van der Waals surface area (Å²) in [6.45, 7) is 4.84. The van der Waals surface area contributed by atoms with Crippen LogP contribution in [0.1, 0.15) is 25.8 Å². The third kappa shape index (κ3) is 4.20. The number of fused-ring (bicyclic) bond motifs is 1. The summed E-state index contributed by atoms with van der Waals surface area (Å²) in [6.07, 6.45) is 2.25. The molecule has 0 saturated heterocycles. The summed E-state index contributed by atoms with van der Waals surface area (Å²) in [4.78, 5) is 0. The second-order valence-electron chi connectivity index (χ2n) is 5.25. The normalized spacial score (nSPS) is 16.0. The highest BCUT2D eigenvalue weighted by atomic mass is 35.5. The van der Waals surface area contributed by atoms with Crippen LogP contribution in [0.5, 0.6) is 5.75 Å². The highest BCUT2D eigenvalue weighted by Crippen LogP contribution is 2.41. The van der Waals surface area contributed by atoms with E-state index in [1.807, 2.05) is 45.2 Å². The average Bonchev–Trinajstić information content (AvgIpc) is 2.59. The van der Waals surface area contributed by atoms with E-state index >= 15 is 0 Å². The topological polar surface area (TPSA) is 21.3 Å². The van der Waals surface area contributed by atoms with Crippen LogP contribution in [0.4, 0.5) is 0 Å². The number of hydrogen-bond donors (Lipinski definition) is 1. The van der Waals surface area contributed by atoms with Gasteiger partial charge in [-0.25, -0.2) is 0 Å². The SMILES string of the molecule is CC.CNC[C@H]1CCc2cccc(-c3cc(Cl)ccc3Cl)c2O1. The lowest BCUT2D eigenvalue weighted by molar-refractivity contribution is 0.174. The van der Waals surface area contributed by atoms with Crippen LogP contribution in [0.25, 0.3) is 11.1 Å². The van der Waals surface area contributed by atoms with E-state index in [9.17, 15) is 0 Å². The largest absolute Gasteiger partial charge is 0.488 e. The highest BCUT2D eigenvalue weighted by molar-refractivity contribution is 6.35. The van der Waals surface area contributed by atoms with E-state index in [-0.39, 0.29) is 6.10 Å². The van der Waals surface area contributed by atoms with E-state index in [1.165, 1.54) is 5.56 Å². The molecule has 0 aromatic heterocycles. The number of halogens is 2. The van der Waals surface area contributed by atoms with Crippen LogP contribution in [-0.4, -0.2) is 19.7 Å². The van der Waals surface area contributed by atoms with Crippen molar-refractivity contribution in [3.8, 4) is 16.9 Å². The number of likely N-dealkylation sites (N-methyl/N-ethyl adjacent to an activating group) is 1. The minimum Gasteiger partial charge on any atom is -0.488 e. The maximum atomic E-state index is 6.34. The number of para-hydroxylation sites is 1. The van der Waals surface area contributed by atoms with Gasteiger partial charge in [0.15, 0.2) is 0 Å². The van der Waals surface area contributed by atoms with E-state index in [2.05, 4.69) is 11.4 Å². The first-order valence-corrected chi connectivity index (χ1v) is 8.83. The van der Waals surface area contributed by atoms with Crippen LogP contribution in [0.2, 0.25) is 10.0 Å². The number of aryl methyl sites for hydroxylation is 1. The van der Waals surface area contributed by atoms with Crippen LogP contribution in [-0.2, 0) is 6.42 Å². The zero-order chi connectivity index (χ0) is 16.8. The van der Waals surface area contributed by atoms with E-state index in [4.69, 9.17) is 27.9 Å². The molecule has 2 aromatic carbocycles. The fourth-order valence-corrected chi connectivity index (χ4v) is 3.14. The highest BCUT2D eigenvalue weighted by Gasteiger charge is 2.23. The molecule has 0 radical (unpaired) electrons. The first-order chi connectivity index (χ1) is 11.2. The molecule has 1 N–H and O–H groups in total. The van der Waals surface area contributed by atoms with Gasteiger partial charge in [0.1, 0.15) is 11.9 Å². The summed E-state index contributed by atoms with van der Waals surface area (Å²) in [5.41, 5.74) is 3.17. The van der Waals surface area contributed by atoms with Gasteiger partial charge in [0.25, 0.3) is 0 Å². The Hall–Kier alpha value is -1.22. The van der Waals surface area contributed by atoms with Crippen molar-refractivity contribution in [3.05, 3.63) is 52.0 Å². The van der Waals surface area contributed by atoms with Gasteiger partial charge in [0, 0.05) is 27.7 Å². The van der Waals surface area contributed by atoms with E-state index < -0.39 is 0 Å². The van der Waals surface area contributed by atoms with Crippen molar-refractivity contribution in [1.82, 2.24) is 5.32 Å². The van der Waals surface area contributed by atoms with Crippen LogP contribution >= 0.6 is 23.2 Å². The van der Waals surface area contributed by atoms with Gasteiger partial charge in [-0.1, -0.05) is 55.2 Å². The van der Waals surface area contributed by atoms with Crippen molar-refractivity contribution in [3.63, 3.8) is 0 Å². The molecule has 0 aliphatic carbocycles. The first-order valence-electron chi connectivity index (χ1n) is 8.07. The van der Waals surface area contributed by atoms with Crippen molar-refractivity contribution >= 4 is 23.2 Å². The van der Waals surface area contributed by atoms with Crippen LogP contribution in [0.15, 0.2) is 36.4 Å². The molecule has 1 heterocycles. The molecule has 2 aromatic rings. The lowest BCUT2D eigenvalue weighted by Crippen LogP contribution is -2.32. The van der Waals surface area contributed by atoms with Gasteiger partial charge in [0.05, 0.1) is 0 Å². The number of ether oxygens (including phenoxy) is 1. The maximum Gasteiger partial charge on any atom is 0.130 e. The minimum atomic E-state index is 0.196. The monoisotopic (exact) mass is 351 g/mol.